The molecular weight excluding hydrogens is 361 g/mol. The Bertz CT molecular complexity index is 802. The van der Waals surface area contributed by atoms with Crippen LogP contribution >= 0.6 is 0 Å². The Kier molecular flexibility index (Phi) is 5.42. The van der Waals surface area contributed by atoms with E-state index in [0.717, 1.165) is 12.1 Å². The molecule has 3 unspecified atom stereocenters. The summed E-state index contributed by atoms with van der Waals surface area (Å²) in [6.45, 7) is 3.46. The van der Waals surface area contributed by atoms with Gasteiger partial charge in [0.05, 0.1) is 12.0 Å². The van der Waals surface area contributed by atoms with Gasteiger partial charge in [-0.2, -0.15) is 0 Å². The molecule has 0 spiro atoms. The molecule has 150 valence electrons. The first-order chi connectivity index (χ1) is 13.7. The lowest BCUT2D eigenvalue weighted by molar-refractivity contribution is -0.105. The van der Waals surface area contributed by atoms with Crippen LogP contribution in [-0.4, -0.2) is 49.3 Å². The number of benzene rings is 2. The smallest absolute Gasteiger partial charge is 0.231 e. The van der Waals surface area contributed by atoms with Crippen LogP contribution in [0.5, 0.6) is 17.2 Å². The normalized spacial score (nSPS) is 27.0. The molecule has 1 fully saturated rings. The Balaban J connectivity index is 1.64. The molecule has 2 heterocycles. The first-order valence-electron chi connectivity index (χ1n) is 9.74. The molecule has 2 aromatic carbocycles. The minimum atomic E-state index is -1.17. The summed E-state index contributed by atoms with van der Waals surface area (Å²) in [5, 5.41) is 10.4. The number of fused-ring (bicyclic) bond motifs is 1. The summed E-state index contributed by atoms with van der Waals surface area (Å²) in [5.74, 6) is 1.86. The maximum atomic E-state index is 15.4. The number of ether oxygens (including phenoxy) is 3. The Morgan fingerprint density at radius 2 is 1.96 bits per heavy atom. The van der Waals surface area contributed by atoms with Gasteiger partial charge in [-0.25, -0.2) is 4.39 Å². The number of nitrogens with zero attached hydrogens (tertiary/aromatic N) is 1. The van der Waals surface area contributed by atoms with Gasteiger partial charge in [0.2, 0.25) is 6.79 Å². The number of piperidine rings is 1. The van der Waals surface area contributed by atoms with Crippen LogP contribution in [0.1, 0.15) is 24.9 Å². The number of hydrogen-bond donors (Lipinski definition) is 1. The van der Waals surface area contributed by atoms with E-state index in [-0.39, 0.29) is 26.0 Å². The third kappa shape index (κ3) is 3.31. The van der Waals surface area contributed by atoms with Crippen molar-refractivity contribution in [3.8, 4) is 17.2 Å². The third-order valence-corrected chi connectivity index (χ3v) is 5.87. The van der Waals surface area contributed by atoms with Gasteiger partial charge in [-0.15, -0.1) is 0 Å². The van der Waals surface area contributed by atoms with Crippen molar-refractivity contribution in [3.63, 3.8) is 0 Å². The zero-order valence-corrected chi connectivity index (χ0v) is 16.0. The van der Waals surface area contributed by atoms with Crippen LogP contribution in [0.3, 0.4) is 0 Å². The van der Waals surface area contributed by atoms with Crippen LogP contribution in [0.2, 0.25) is 0 Å². The van der Waals surface area contributed by atoms with Gasteiger partial charge >= 0.3 is 0 Å². The highest BCUT2D eigenvalue weighted by Gasteiger charge is 2.52. The van der Waals surface area contributed by atoms with Crippen molar-refractivity contribution < 1.29 is 23.7 Å². The van der Waals surface area contributed by atoms with Gasteiger partial charge in [0.25, 0.3) is 0 Å². The summed E-state index contributed by atoms with van der Waals surface area (Å²) in [5.41, 5.74) is -0.0542. The molecule has 0 saturated carbocycles. The van der Waals surface area contributed by atoms with E-state index < -0.39 is 11.6 Å². The number of rotatable bonds is 6. The molecule has 0 bridgehead atoms. The average molecular weight is 387 g/mol. The van der Waals surface area contributed by atoms with Crippen molar-refractivity contribution in [2.75, 3.05) is 33.1 Å². The second-order valence-corrected chi connectivity index (χ2v) is 7.39. The molecule has 1 saturated heterocycles. The Labute approximate surface area is 164 Å². The molecule has 2 aliphatic heterocycles. The van der Waals surface area contributed by atoms with Crippen molar-refractivity contribution in [1.82, 2.24) is 4.90 Å². The molecule has 2 aromatic rings. The van der Waals surface area contributed by atoms with Crippen LogP contribution in [-0.2, 0) is 0 Å². The second-order valence-electron chi connectivity index (χ2n) is 7.39. The first kappa shape index (κ1) is 19.0. The Morgan fingerprint density at radius 1 is 1.18 bits per heavy atom. The Hall–Kier alpha value is -2.31. The van der Waals surface area contributed by atoms with E-state index >= 15 is 4.39 Å². The van der Waals surface area contributed by atoms with Gasteiger partial charge in [0.15, 0.2) is 11.5 Å². The van der Waals surface area contributed by atoms with E-state index in [0.29, 0.717) is 30.2 Å². The largest absolute Gasteiger partial charge is 0.493 e. The number of aliphatic hydroxyl groups is 1. The monoisotopic (exact) mass is 387 g/mol. The molecule has 0 aromatic heterocycles. The number of halogens is 1. The molecular formula is C22H26FNO4. The maximum Gasteiger partial charge on any atom is 0.231 e. The van der Waals surface area contributed by atoms with Gasteiger partial charge in [0.1, 0.15) is 18.5 Å². The predicted octanol–water partition coefficient (Wildman–Crippen LogP) is 3.58. The van der Waals surface area contributed by atoms with Crippen molar-refractivity contribution in [2.45, 2.75) is 25.6 Å². The second kappa shape index (κ2) is 7.97. The maximum absolute atomic E-state index is 15.4. The summed E-state index contributed by atoms with van der Waals surface area (Å²) in [6.07, 6.45) is -0.790. The van der Waals surface area contributed by atoms with Crippen LogP contribution in [0.4, 0.5) is 4.39 Å². The standard InChI is InChI=1S/C22H26FNO4/c1-2-24-11-10-20(23)22(13-25,21(24)16-6-4-3-5-7-16)14-26-17-8-9-18-19(12-17)28-15-27-18/h3-9,12,20-21,25H,2,10-11,13-15H2,1H3. The zero-order valence-electron chi connectivity index (χ0n) is 16.0. The molecule has 2 aliphatic rings. The highest BCUT2D eigenvalue weighted by molar-refractivity contribution is 5.46. The van der Waals surface area contributed by atoms with Gasteiger partial charge in [0, 0.05) is 18.7 Å². The molecule has 0 aliphatic carbocycles. The fourth-order valence-electron chi connectivity index (χ4n) is 4.33. The van der Waals surface area contributed by atoms with Crippen molar-refractivity contribution in [2.24, 2.45) is 5.41 Å². The van der Waals surface area contributed by atoms with Gasteiger partial charge in [-0.05, 0) is 30.7 Å². The minimum absolute atomic E-state index is 0.0698. The highest BCUT2D eigenvalue weighted by atomic mass is 19.1. The number of hydrogen-bond acceptors (Lipinski definition) is 5. The lowest BCUT2D eigenvalue weighted by Gasteiger charge is -2.50. The van der Waals surface area contributed by atoms with Crippen molar-refractivity contribution in [3.05, 3.63) is 54.1 Å². The predicted molar refractivity (Wildman–Crippen MR) is 104 cm³/mol. The molecule has 4 rings (SSSR count). The quantitative estimate of drug-likeness (QED) is 0.821. The molecule has 0 radical (unpaired) electrons. The molecule has 5 nitrogen and oxygen atoms in total. The zero-order chi connectivity index (χ0) is 19.6. The molecule has 1 N–H and O–H groups in total. The summed E-state index contributed by atoms with van der Waals surface area (Å²) in [4.78, 5) is 2.23. The summed E-state index contributed by atoms with van der Waals surface area (Å²) in [7, 11) is 0. The Morgan fingerprint density at radius 3 is 2.71 bits per heavy atom. The fraction of sp³-hybridized carbons (Fsp3) is 0.455. The molecule has 6 heteroatoms. The number of aliphatic hydroxyl groups excluding tert-OH is 1. The van der Waals surface area contributed by atoms with Crippen LogP contribution < -0.4 is 14.2 Å². The van der Waals surface area contributed by atoms with E-state index in [9.17, 15) is 5.11 Å². The molecule has 3 atom stereocenters. The summed E-state index contributed by atoms with van der Waals surface area (Å²) in [6, 6.07) is 14.9. The minimum Gasteiger partial charge on any atom is -0.493 e. The van der Waals surface area contributed by atoms with Crippen molar-refractivity contribution in [1.29, 1.82) is 0 Å². The van der Waals surface area contributed by atoms with Crippen molar-refractivity contribution >= 4 is 0 Å². The first-order valence-corrected chi connectivity index (χ1v) is 9.74. The SMILES string of the molecule is CCN1CCC(F)C(CO)(COc2ccc3c(c2)OCO3)C1c1ccccc1. The van der Waals surface area contributed by atoms with Gasteiger partial charge in [-0.1, -0.05) is 37.3 Å². The highest BCUT2D eigenvalue weighted by Crippen LogP contribution is 2.47. The van der Waals surface area contributed by atoms with Crippen LogP contribution in [0.15, 0.2) is 48.5 Å². The van der Waals surface area contributed by atoms with E-state index in [1.54, 1.807) is 18.2 Å². The van der Waals surface area contributed by atoms with E-state index in [2.05, 4.69) is 11.8 Å². The third-order valence-electron chi connectivity index (χ3n) is 5.87. The van der Waals surface area contributed by atoms with Crippen LogP contribution in [0.25, 0.3) is 0 Å². The summed E-state index contributed by atoms with van der Waals surface area (Å²) >= 11 is 0. The van der Waals surface area contributed by atoms with E-state index in [4.69, 9.17) is 14.2 Å². The molecule has 0 amide bonds. The average Bonchev–Trinajstić information content (AvgIpc) is 3.21. The molecule has 28 heavy (non-hydrogen) atoms. The van der Waals surface area contributed by atoms with E-state index in [1.807, 2.05) is 30.3 Å². The lowest BCUT2D eigenvalue weighted by Crippen LogP contribution is -2.57. The fourth-order valence-corrected chi connectivity index (χ4v) is 4.33. The lowest BCUT2D eigenvalue weighted by atomic mass is 9.70. The topological polar surface area (TPSA) is 51.2 Å². The van der Waals surface area contributed by atoms with Crippen LogP contribution in [0, 0.1) is 5.41 Å². The number of likely N-dealkylation sites (tertiary alicyclic amines) is 1. The van der Waals surface area contributed by atoms with Gasteiger partial charge in [-0.3, -0.25) is 4.90 Å². The van der Waals surface area contributed by atoms with Gasteiger partial charge < -0.3 is 19.3 Å². The number of alkyl halides is 1. The van der Waals surface area contributed by atoms with E-state index in [1.165, 1.54) is 0 Å². The summed E-state index contributed by atoms with van der Waals surface area (Å²) < 4.78 is 32.1.